The lowest BCUT2D eigenvalue weighted by atomic mass is 10.0. The lowest BCUT2D eigenvalue weighted by molar-refractivity contribution is -0.139. The van der Waals surface area contributed by atoms with E-state index in [-0.39, 0.29) is 17.6 Å². The fourth-order valence-electron chi connectivity index (χ4n) is 3.72. The van der Waals surface area contributed by atoms with Gasteiger partial charge in [-0.3, -0.25) is 9.59 Å². The maximum absolute atomic E-state index is 13.6. The van der Waals surface area contributed by atoms with Gasteiger partial charge < -0.3 is 10.2 Å². The summed E-state index contributed by atoms with van der Waals surface area (Å²) in [6, 6.07) is 22.5. The lowest BCUT2D eigenvalue weighted by Crippen LogP contribution is -2.51. The van der Waals surface area contributed by atoms with Crippen molar-refractivity contribution in [2.24, 2.45) is 0 Å². The van der Waals surface area contributed by atoms with Crippen molar-refractivity contribution in [2.45, 2.75) is 38.1 Å². The average molecular weight is 608 g/mol. The molecule has 0 spiro atoms. The molecule has 0 radical (unpaired) electrons. The van der Waals surface area contributed by atoms with Crippen molar-refractivity contribution in [3.05, 3.63) is 104 Å². The van der Waals surface area contributed by atoms with Crippen molar-refractivity contribution < 1.29 is 9.59 Å². The zero-order chi connectivity index (χ0) is 25.9. The number of nitrogens with one attached hydrogen (secondary N) is 1. The third-order valence-corrected chi connectivity index (χ3v) is 7.76. The Bertz CT molecular complexity index is 1160. The summed E-state index contributed by atoms with van der Waals surface area (Å²) in [7, 11) is 0. The number of amides is 2. The van der Waals surface area contributed by atoms with Gasteiger partial charge in [0.15, 0.2) is 0 Å². The summed E-state index contributed by atoms with van der Waals surface area (Å²) in [5, 5.41) is 4.00. The van der Waals surface area contributed by atoms with Crippen LogP contribution in [0, 0.1) is 0 Å². The molecule has 1 unspecified atom stereocenters. The maximum atomic E-state index is 13.6. The monoisotopic (exact) mass is 606 g/mol. The fraction of sp³-hybridized carbons (Fsp3) is 0.286. The minimum Gasteiger partial charge on any atom is -0.354 e. The molecular formula is C28H29BrCl2N2O2S. The Kier molecular flexibility index (Phi) is 11.6. The van der Waals surface area contributed by atoms with Crippen molar-refractivity contribution in [1.29, 1.82) is 0 Å². The first kappa shape index (κ1) is 28.6. The molecule has 0 aliphatic carbocycles. The predicted octanol–water partition coefficient (Wildman–Crippen LogP) is 7.16. The lowest BCUT2D eigenvalue weighted by Gasteiger charge is -2.31. The van der Waals surface area contributed by atoms with E-state index < -0.39 is 6.04 Å². The van der Waals surface area contributed by atoms with Gasteiger partial charge in [0.1, 0.15) is 6.04 Å². The summed E-state index contributed by atoms with van der Waals surface area (Å²) in [6.07, 6.45) is 1.26. The van der Waals surface area contributed by atoms with E-state index in [1.54, 1.807) is 11.0 Å². The molecule has 3 aromatic carbocycles. The molecule has 3 aromatic rings. The topological polar surface area (TPSA) is 49.4 Å². The second-order valence-electron chi connectivity index (χ2n) is 8.39. The SMILES string of the molecule is CCCNC(=O)C(Cc1ccccc1)N(Cc1cccc(Br)c1)C(=O)CSCc1ccc(Cl)c(Cl)c1. The molecule has 0 saturated heterocycles. The number of hydrogen-bond donors (Lipinski definition) is 1. The first-order valence-electron chi connectivity index (χ1n) is 11.7. The van der Waals surface area contributed by atoms with Crippen molar-refractivity contribution in [3.8, 4) is 0 Å². The van der Waals surface area contributed by atoms with Crippen LogP contribution in [0.5, 0.6) is 0 Å². The zero-order valence-electron chi connectivity index (χ0n) is 20.1. The molecule has 190 valence electrons. The highest BCUT2D eigenvalue weighted by Gasteiger charge is 2.30. The quantitative estimate of drug-likeness (QED) is 0.238. The van der Waals surface area contributed by atoms with Crippen LogP contribution in [0.15, 0.2) is 77.3 Å². The highest BCUT2D eigenvalue weighted by Crippen LogP contribution is 2.25. The van der Waals surface area contributed by atoms with E-state index in [4.69, 9.17) is 23.2 Å². The summed E-state index contributed by atoms with van der Waals surface area (Å²) in [5.74, 6) is 0.616. The van der Waals surface area contributed by atoms with Gasteiger partial charge in [-0.05, 0) is 47.4 Å². The van der Waals surface area contributed by atoms with E-state index in [9.17, 15) is 9.59 Å². The van der Waals surface area contributed by atoms with Gasteiger partial charge in [-0.1, -0.05) is 94.6 Å². The molecule has 0 aromatic heterocycles. The first-order valence-corrected chi connectivity index (χ1v) is 14.4. The van der Waals surface area contributed by atoms with Gasteiger partial charge in [-0.15, -0.1) is 11.8 Å². The summed E-state index contributed by atoms with van der Waals surface area (Å²) < 4.78 is 0.927. The molecule has 1 atom stereocenters. The number of nitrogens with zero attached hydrogens (tertiary/aromatic N) is 1. The van der Waals surface area contributed by atoms with E-state index >= 15 is 0 Å². The molecule has 0 aliphatic heterocycles. The normalized spacial score (nSPS) is 11.7. The molecule has 0 heterocycles. The Morgan fingerprint density at radius 2 is 1.69 bits per heavy atom. The number of halogens is 3. The molecule has 0 bridgehead atoms. The molecule has 2 amide bonds. The van der Waals surface area contributed by atoms with E-state index in [2.05, 4.69) is 21.2 Å². The first-order chi connectivity index (χ1) is 17.4. The summed E-state index contributed by atoms with van der Waals surface area (Å²) in [6.45, 7) is 2.91. The van der Waals surface area contributed by atoms with Crippen LogP contribution in [0.2, 0.25) is 10.0 Å². The Morgan fingerprint density at radius 1 is 0.944 bits per heavy atom. The highest BCUT2D eigenvalue weighted by molar-refractivity contribution is 9.10. The van der Waals surface area contributed by atoms with Crippen LogP contribution in [0.1, 0.15) is 30.0 Å². The standard InChI is InChI=1S/C28H29BrCl2N2O2S/c1-2-13-32-28(35)26(16-20-7-4-3-5-8-20)33(17-21-9-6-10-23(29)14-21)27(34)19-36-18-22-11-12-24(30)25(31)15-22/h3-12,14-15,26H,2,13,16-19H2,1H3,(H,32,35). The van der Waals surface area contributed by atoms with Crippen LogP contribution < -0.4 is 5.32 Å². The molecule has 8 heteroatoms. The molecular weight excluding hydrogens is 579 g/mol. The van der Waals surface area contributed by atoms with E-state index in [0.29, 0.717) is 35.3 Å². The van der Waals surface area contributed by atoms with E-state index in [1.807, 2.05) is 73.7 Å². The van der Waals surface area contributed by atoms with Gasteiger partial charge in [0.05, 0.1) is 15.8 Å². The molecule has 4 nitrogen and oxygen atoms in total. The Morgan fingerprint density at radius 3 is 2.39 bits per heavy atom. The molecule has 0 fully saturated rings. The van der Waals surface area contributed by atoms with Crippen molar-refractivity contribution in [3.63, 3.8) is 0 Å². The molecule has 0 saturated carbocycles. The Hall–Kier alpha value is -1.99. The van der Waals surface area contributed by atoms with Gasteiger partial charge in [-0.25, -0.2) is 0 Å². The van der Waals surface area contributed by atoms with Crippen LogP contribution in [-0.2, 0) is 28.3 Å². The smallest absolute Gasteiger partial charge is 0.243 e. The largest absolute Gasteiger partial charge is 0.354 e. The third kappa shape index (κ3) is 8.84. The van der Waals surface area contributed by atoms with Crippen molar-refractivity contribution in [2.75, 3.05) is 12.3 Å². The van der Waals surface area contributed by atoms with Crippen molar-refractivity contribution in [1.82, 2.24) is 10.2 Å². The number of benzene rings is 3. The number of carbonyl (C=O) groups excluding carboxylic acids is 2. The minimum atomic E-state index is -0.629. The number of hydrogen-bond acceptors (Lipinski definition) is 3. The van der Waals surface area contributed by atoms with Crippen LogP contribution >= 0.6 is 50.9 Å². The van der Waals surface area contributed by atoms with Gasteiger partial charge in [0.25, 0.3) is 0 Å². The second-order valence-corrected chi connectivity index (χ2v) is 11.1. The van der Waals surface area contributed by atoms with Crippen LogP contribution in [0.4, 0.5) is 0 Å². The predicted molar refractivity (Wildman–Crippen MR) is 155 cm³/mol. The van der Waals surface area contributed by atoms with Gasteiger partial charge in [-0.2, -0.15) is 0 Å². The molecule has 36 heavy (non-hydrogen) atoms. The summed E-state index contributed by atoms with van der Waals surface area (Å²) in [5.41, 5.74) is 2.94. The van der Waals surface area contributed by atoms with Gasteiger partial charge >= 0.3 is 0 Å². The van der Waals surface area contributed by atoms with E-state index in [1.165, 1.54) is 11.8 Å². The average Bonchev–Trinajstić information content (AvgIpc) is 2.87. The molecule has 1 N–H and O–H groups in total. The molecule has 0 aliphatic rings. The molecule has 3 rings (SSSR count). The van der Waals surface area contributed by atoms with Gasteiger partial charge in [0, 0.05) is 29.7 Å². The maximum Gasteiger partial charge on any atom is 0.243 e. The van der Waals surface area contributed by atoms with Crippen molar-refractivity contribution >= 4 is 62.7 Å². The minimum absolute atomic E-state index is 0.0902. The summed E-state index contributed by atoms with van der Waals surface area (Å²) in [4.78, 5) is 28.7. The second kappa shape index (κ2) is 14.7. The van der Waals surface area contributed by atoms with Crippen LogP contribution in [0.25, 0.3) is 0 Å². The summed E-state index contributed by atoms with van der Waals surface area (Å²) >= 11 is 17.2. The van der Waals surface area contributed by atoms with Gasteiger partial charge in [0.2, 0.25) is 11.8 Å². The van der Waals surface area contributed by atoms with Crippen LogP contribution in [-0.4, -0.2) is 35.1 Å². The zero-order valence-corrected chi connectivity index (χ0v) is 24.0. The Labute approximate surface area is 235 Å². The highest BCUT2D eigenvalue weighted by atomic mass is 79.9. The number of carbonyl (C=O) groups is 2. The van der Waals surface area contributed by atoms with E-state index in [0.717, 1.165) is 27.6 Å². The number of rotatable bonds is 12. The third-order valence-electron chi connectivity index (χ3n) is 5.54. The Balaban J connectivity index is 1.83. The number of thioether (sulfide) groups is 1. The van der Waals surface area contributed by atoms with Crippen LogP contribution in [0.3, 0.4) is 0 Å². The fourth-order valence-corrected chi connectivity index (χ4v) is 5.35.